The number of fused-ring (bicyclic) bond motifs is 2. The topological polar surface area (TPSA) is 35.5 Å². The molecular formula is C21H34O3. The normalized spacial score (nSPS) is 44.1. The van der Waals surface area contributed by atoms with Crippen LogP contribution in [0.3, 0.4) is 0 Å². The SMILES string of the molecule is COC(=O)C[C@@]1(C)CC[C@]2(O1)C(C)=CC[C@@H]1C(C)(C)CCC[C@]12C. The maximum Gasteiger partial charge on any atom is 0.308 e. The Hall–Kier alpha value is -0.830. The van der Waals surface area contributed by atoms with Gasteiger partial charge in [0.25, 0.3) is 0 Å². The third kappa shape index (κ3) is 2.46. The first-order valence-electron chi connectivity index (χ1n) is 9.53. The number of hydrogen-bond donors (Lipinski definition) is 0. The molecule has 1 spiro atoms. The molecule has 3 nitrogen and oxygen atoms in total. The maximum atomic E-state index is 11.9. The zero-order chi connectivity index (χ0) is 17.8. The van der Waals surface area contributed by atoms with Crippen LogP contribution in [0, 0.1) is 16.7 Å². The van der Waals surface area contributed by atoms with Crippen LogP contribution in [0.15, 0.2) is 11.6 Å². The fraction of sp³-hybridized carbons (Fsp3) is 0.857. The van der Waals surface area contributed by atoms with Crippen LogP contribution in [0.5, 0.6) is 0 Å². The van der Waals surface area contributed by atoms with Gasteiger partial charge in [0.15, 0.2) is 0 Å². The van der Waals surface area contributed by atoms with E-state index in [1.54, 1.807) is 0 Å². The Kier molecular flexibility index (Phi) is 4.18. The number of methoxy groups -OCH3 is 1. The van der Waals surface area contributed by atoms with Crippen molar-refractivity contribution in [1.82, 2.24) is 0 Å². The van der Waals surface area contributed by atoms with E-state index in [0.29, 0.717) is 17.8 Å². The molecule has 0 aromatic carbocycles. The number of hydrogen-bond acceptors (Lipinski definition) is 3. The second kappa shape index (κ2) is 5.59. The predicted octanol–water partition coefficient (Wildman–Crippen LogP) is 5.04. The molecule has 24 heavy (non-hydrogen) atoms. The van der Waals surface area contributed by atoms with Crippen LogP contribution in [-0.4, -0.2) is 24.3 Å². The van der Waals surface area contributed by atoms with E-state index in [-0.39, 0.29) is 17.0 Å². The van der Waals surface area contributed by atoms with Crippen LogP contribution in [0.25, 0.3) is 0 Å². The van der Waals surface area contributed by atoms with Gasteiger partial charge in [-0.1, -0.05) is 33.3 Å². The quantitative estimate of drug-likeness (QED) is 0.524. The molecule has 1 aliphatic heterocycles. The van der Waals surface area contributed by atoms with Gasteiger partial charge < -0.3 is 9.47 Å². The Bertz CT molecular complexity index is 563. The first-order chi connectivity index (χ1) is 11.1. The summed E-state index contributed by atoms with van der Waals surface area (Å²) in [6.45, 7) is 11.7. The molecule has 1 saturated heterocycles. The number of rotatable bonds is 2. The number of allylic oxidation sites excluding steroid dienone is 1. The Morgan fingerprint density at radius 2 is 1.92 bits per heavy atom. The van der Waals surface area contributed by atoms with E-state index in [0.717, 1.165) is 19.3 Å². The Morgan fingerprint density at radius 1 is 1.21 bits per heavy atom. The van der Waals surface area contributed by atoms with Crippen molar-refractivity contribution in [3.63, 3.8) is 0 Å². The molecule has 0 N–H and O–H groups in total. The highest BCUT2D eigenvalue weighted by Gasteiger charge is 2.64. The molecule has 0 radical (unpaired) electrons. The molecule has 0 unspecified atom stereocenters. The molecule has 2 fully saturated rings. The van der Waals surface area contributed by atoms with E-state index in [9.17, 15) is 4.79 Å². The van der Waals surface area contributed by atoms with Crippen molar-refractivity contribution < 1.29 is 14.3 Å². The molecule has 0 amide bonds. The van der Waals surface area contributed by atoms with Gasteiger partial charge in [-0.15, -0.1) is 0 Å². The molecule has 1 heterocycles. The van der Waals surface area contributed by atoms with Gasteiger partial charge in [0.2, 0.25) is 0 Å². The van der Waals surface area contributed by atoms with Crippen LogP contribution in [0.4, 0.5) is 0 Å². The van der Waals surface area contributed by atoms with E-state index in [1.165, 1.54) is 31.9 Å². The largest absolute Gasteiger partial charge is 0.469 e. The summed E-state index contributed by atoms with van der Waals surface area (Å²) in [5.74, 6) is 0.473. The number of ether oxygens (including phenoxy) is 2. The van der Waals surface area contributed by atoms with Crippen molar-refractivity contribution in [3.8, 4) is 0 Å². The van der Waals surface area contributed by atoms with Gasteiger partial charge in [-0.05, 0) is 62.9 Å². The lowest BCUT2D eigenvalue weighted by Gasteiger charge is -2.61. The minimum atomic E-state index is -0.408. The highest BCUT2D eigenvalue weighted by molar-refractivity contribution is 5.70. The molecule has 1 saturated carbocycles. The predicted molar refractivity (Wildman–Crippen MR) is 95.7 cm³/mol. The summed E-state index contributed by atoms with van der Waals surface area (Å²) in [5, 5.41) is 0. The van der Waals surface area contributed by atoms with Crippen molar-refractivity contribution >= 4 is 5.97 Å². The summed E-state index contributed by atoms with van der Waals surface area (Å²) >= 11 is 0. The van der Waals surface area contributed by atoms with Gasteiger partial charge in [-0.2, -0.15) is 0 Å². The van der Waals surface area contributed by atoms with Gasteiger partial charge in [0.05, 0.1) is 24.7 Å². The van der Waals surface area contributed by atoms with Crippen LogP contribution in [0.2, 0.25) is 0 Å². The van der Waals surface area contributed by atoms with Crippen molar-refractivity contribution in [2.45, 2.75) is 90.8 Å². The molecule has 3 aliphatic rings. The average molecular weight is 335 g/mol. The number of carbonyl (C=O) groups excluding carboxylic acids is 1. The van der Waals surface area contributed by atoms with E-state index < -0.39 is 5.60 Å². The van der Waals surface area contributed by atoms with E-state index in [2.05, 4.69) is 40.7 Å². The summed E-state index contributed by atoms with van der Waals surface area (Å²) < 4.78 is 11.8. The highest BCUT2D eigenvalue weighted by atomic mass is 16.5. The number of esters is 1. The molecule has 0 bridgehead atoms. The lowest BCUT2D eigenvalue weighted by molar-refractivity contribution is -0.193. The molecular weight excluding hydrogens is 300 g/mol. The number of carbonyl (C=O) groups is 1. The third-order valence-electron chi connectivity index (χ3n) is 7.62. The van der Waals surface area contributed by atoms with Gasteiger partial charge in [-0.25, -0.2) is 0 Å². The lowest BCUT2D eigenvalue weighted by atomic mass is 9.46. The van der Waals surface area contributed by atoms with E-state index in [4.69, 9.17) is 9.47 Å². The summed E-state index contributed by atoms with van der Waals surface area (Å²) in [4.78, 5) is 11.9. The van der Waals surface area contributed by atoms with E-state index in [1.807, 2.05) is 0 Å². The Labute approximate surface area is 147 Å². The summed E-state index contributed by atoms with van der Waals surface area (Å²) in [7, 11) is 1.46. The molecule has 3 rings (SSSR count). The summed E-state index contributed by atoms with van der Waals surface area (Å²) in [6, 6.07) is 0. The zero-order valence-corrected chi connectivity index (χ0v) is 16.3. The smallest absolute Gasteiger partial charge is 0.308 e. The molecule has 136 valence electrons. The van der Waals surface area contributed by atoms with Crippen LogP contribution >= 0.6 is 0 Å². The molecule has 3 heteroatoms. The fourth-order valence-electron chi connectivity index (χ4n) is 6.24. The van der Waals surface area contributed by atoms with Crippen molar-refractivity contribution in [2.75, 3.05) is 7.11 Å². The third-order valence-corrected chi connectivity index (χ3v) is 7.62. The van der Waals surface area contributed by atoms with Gasteiger partial charge in [0.1, 0.15) is 0 Å². The second-order valence-corrected chi connectivity index (χ2v) is 9.57. The van der Waals surface area contributed by atoms with Crippen molar-refractivity contribution in [1.29, 1.82) is 0 Å². The first kappa shape index (κ1) is 18.0. The Balaban J connectivity index is 1.98. The summed E-state index contributed by atoms with van der Waals surface area (Å²) in [5.41, 5.74) is 1.27. The molecule has 4 atom stereocenters. The minimum Gasteiger partial charge on any atom is -0.469 e. The second-order valence-electron chi connectivity index (χ2n) is 9.57. The molecule has 2 aliphatic carbocycles. The van der Waals surface area contributed by atoms with Gasteiger partial charge in [-0.3, -0.25) is 4.79 Å². The van der Waals surface area contributed by atoms with Crippen LogP contribution in [-0.2, 0) is 14.3 Å². The summed E-state index contributed by atoms with van der Waals surface area (Å²) in [6.07, 6.45) is 9.67. The van der Waals surface area contributed by atoms with Gasteiger partial charge >= 0.3 is 5.97 Å². The van der Waals surface area contributed by atoms with Crippen molar-refractivity contribution in [2.24, 2.45) is 16.7 Å². The van der Waals surface area contributed by atoms with Crippen LogP contribution in [0.1, 0.15) is 79.6 Å². The fourth-order valence-corrected chi connectivity index (χ4v) is 6.24. The lowest BCUT2D eigenvalue weighted by Crippen LogP contribution is -2.59. The molecule has 0 aromatic rings. The molecule has 0 aromatic heterocycles. The van der Waals surface area contributed by atoms with E-state index >= 15 is 0 Å². The zero-order valence-electron chi connectivity index (χ0n) is 16.3. The monoisotopic (exact) mass is 334 g/mol. The maximum absolute atomic E-state index is 11.9. The Morgan fingerprint density at radius 3 is 2.58 bits per heavy atom. The first-order valence-corrected chi connectivity index (χ1v) is 9.53. The average Bonchev–Trinajstić information content (AvgIpc) is 2.83. The standard InChI is InChI=1S/C21H34O3/c1-15-8-9-16-18(2,3)10-7-11-20(16,5)21(15)13-12-19(4,24-21)14-17(22)23-6/h8,16H,7,9-14H2,1-6H3/t16-,19-,20-,21+/m1/s1. The van der Waals surface area contributed by atoms with Crippen molar-refractivity contribution in [3.05, 3.63) is 11.6 Å². The minimum absolute atomic E-state index is 0.154. The van der Waals surface area contributed by atoms with Gasteiger partial charge in [0, 0.05) is 5.41 Å². The van der Waals surface area contributed by atoms with Crippen LogP contribution < -0.4 is 0 Å². The highest BCUT2D eigenvalue weighted by Crippen LogP contribution is 2.66.